The number of fused-ring (bicyclic) bond motifs is 1. The van der Waals surface area contributed by atoms with Gasteiger partial charge in [-0.15, -0.1) is 5.10 Å². The van der Waals surface area contributed by atoms with Crippen molar-refractivity contribution in [3.8, 4) is 11.5 Å². The molecule has 0 spiro atoms. The molecule has 5 rings (SSSR count). The van der Waals surface area contributed by atoms with Crippen molar-refractivity contribution in [2.45, 2.75) is 36.2 Å². The maximum atomic E-state index is 13.0. The topological polar surface area (TPSA) is 91.2 Å². The van der Waals surface area contributed by atoms with Crippen LogP contribution in [0.25, 0.3) is 0 Å². The number of ketones is 1. The Balaban J connectivity index is 1.58. The normalized spacial score (nSPS) is 17.4. The number of carbonyl (C=O) groups is 1. The van der Waals surface area contributed by atoms with Gasteiger partial charge >= 0.3 is 0 Å². The Morgan fingerprint density at radius 2 is 2.09 bits per heavy atom. The second-order valence-electron chi connectivity index (χ2n) is 7.58. The van der Waals surface area contributed by atoms with Crippen molar-refractivity contribution in [2.75, 3.05) is 19.5 Å². The van der Waals surface area contributed by atoms with Gasteiger partial charge in [-0.25, -0.2) is 4.68 Å². The smallest absolute Gasteiger partial charge is 0.227 e. The van der Waals surface area contributed by atoms with Crippen LogP contribution in [0, 0.1) is 0 Å². The Morgan fingerprint density at radius 3 is 2.88 bits per heavy atom. The first-order chi connectivity index (χ1) is 15.7. The number of hydrogen-bond acceptors (Lipinski definition) is 8. The van der Waals surface area contributed by atoms with Crippen molar-refractivity contribution in [3.05, 3.63) is 65.1 Å². The number of anilines is 1. The summed E-state index contributed by atoms with van der Waals surface area (Å²) in [5.41, 5.74) is 3.42. The number of nitrogens with one attached hydrogen (secondary N) is 1. The maximum absolute atomic E-state index is 13.0. The third kappa shape index (κ3) is 3.73. The zero-order chi connectivity index (χ0) is 22.1. The van der Waals surface area contributed by atoms with Gasteiger partial charge in [-0.3, -0.25) is 9.78 Å². The molecule has 3 heterocycles. The highest BCUT2D eigenvalue weighted by atomic mass is 32.2. The van der Waals surface area contributed by atoms with E-state index in [1.165, 1.54) is 11.8 Å². The third-order valence-corrected chi connectivity index (χ3v) is 6.53. The fourth-order valence-electron chi connectivity index (χ4n) is 4.16. The molecule has 1 atom stereocenters. The predicted octanol–water partition coefficient (Wildman–Crippen LogP) is 4.00. The van der Waals surface area contributed by atoms with Crippen molar-refractivity contribution >= 4 is 23.5 Å². The Hall–Kier alpha value is -3.33. The minimum atomic E-state index is -0.434. The molecule has 164 valence electrons. The van der Waals surface area contributed by atoms with Gasteiger partial charge in [0.25, 0.3) is 0 Å². The monoisotopic (exact) mass is 449 g/mol. The number of Topliss-reactive ketones (excluding diaryl/α,β-unsaturated/α-hetero) is 1. The molecule has 3 aromatic rings. The largest absolute Gasteiger partial charge is 0.497 e. The van der Waals surface area contributed by atoms with Gasteiger partial charge in [-0.1, -0.05) is 17.8 Å². The highest BCUT2D eigenvalue weighted by Crippen LogP contribution is 2.44. The van der Waals surface area contributed by atoms with Crippen molar-refractivity contribution in [3.63, 3.8) is 0 Å². The van der Waals surface area contributed by atoms with E-state index >= 15 is 0 Å². The van der Waals surface area contributed by atoms with Crippen LogP contribution in [0.15, 0.2) is 59.0 Å². The molecule has 2 aromatic heterocycles. The SMILES string of the molecule is COc1ccc(OC)c(C2C3=C(CCCC3=O)Nc3nc(SCc4ccccn4)nn32)c1. The number of thioether (sulfide) groups is 1. The number of pyridine rings is 1. The number of rotatable bonds is 6. The van der Waals surface area contributed by atoms with Crippen LogP contribution in [0.4, 0.5) is 5.95 Å². The van der Waals surface area contributed by atoms with Gasteiger partial charge in [-0.2, -0.15) is 4.98 Å². The Kier molecular flexibility index (Phi) is 5.57. The fourth-order valence-corrected chi connectivity index (χ4v) is 4.90. The summed E-state index contributed by atoms with van der Waals surface area (Å²) in [4.78, 5) is 22.1. The number of methoxy groups -OCH3 is 2. The van der Waals surface area contributed by atoms with E-state index in [2.05, 4.69) is 10.3 Å². The molecule has 0 amide bonds. The molecule has 1 aliphatic carbocycles. The molecule has 0 radical (unpaired) electrons. The fraction of sp³-hybridized carbons (Fsp3) is 0.304. The number of hydrogen-bond donors (Lipinski definition) is 1. The van der Waals surface area contributed by atoms with Gasteiger partial charge in [0.1, 0.15) is 17.5 Å². The first-order valence-corrected chi connectivity index (χ1v) is 11.4. The first kappa shape index (κ1) is 20.6. The number of nitrogens with zero attached hydrogens (tertiary/aromatic N) is 4. The summed E-state index contributed by atoms with van der Waals surface area (Å²) in [5.74, 6) is 2.77. The van der Waals surface area contributed by atoms with E-state index in [0.717, 1.165) is 35.4 Å². The summed E-state index contributed by atoms with van der Waals surface area (Å²) < 4.78 is 12.9. The van der Waals surface area contributed by atoms with Gasteiger partial charge in [0.2, 0.25) is 11.1 Å². The first-order valence-electron chi connectivity index (χ1n) is 10.4. The lowest BCUT2D eigenvalue weighted by atomic mass is 9.85. The van der Waals surface area contributed by atoms with Gasteiger partial charge in [-0.05, 0) is 43.2 Å². The standard InChI is InChI=1S/C23H23N5O3S/c1-30-15-9-10-19(31-2)16(12-15)21-20-17(7-5-8-18(20)29)25-22-26-23(27-28(21)22)32-13-14-6-3-4-11-24-14/h3-4,6,9-12,21H,5,7-8,13H2,1-2H3,(H,25,26,27). The zero-order valence-corrected chi connectivity index (χ0v) is 18.7. The second-order valence-corrected chi connectivity index (χ2v) is 8.52. The van der Waals surface area contributed by atoms with E-state index < -0.39 is 6.04 Å². The van der Waals surface area contributed by atoms with Crippen LogP contribution >= 0.6 is 11.8 Å². The lowest BCUT2D eigenvalue weighted by molar-refractivity contribution is -0.116. The Bertz CT molecular complexity index is 1190. The lowest BCUT2D eigenvalue weighted by Gasteiger charge is -2.32. The van der Waals surface area contributed by atoms with E-state index in [1.807, 2.05) is 36.4 Å². The second kappa shape index (κ2) is 8.66. The zero-order valence-electron chi connectivity index (χ0n) is 17.9. The molecule has 9 heteroatoms. The summed E-state index contributed by atoms with van der Waals surface area (Å²) in [7, 11) is 3.25. The highest BCUT2D eigenvalue weighted by Gasteiger charge is 2.38. The molecule has 2 aliphatic rings. The maximum Gasteiger partial charge on any atom is 0.227 e. The van der Waals surface area contributed by atoms with Crippen molar-refractivity contribution in [2.24, 2.45) is 0 Å². The number of aromatic nitrogens is 4. The summed E-state index contributed by atoms with van der Waals surface area (Å²) in [6.45, 7) is 0. The molecule has 1 unspecified atom stereocenters. The summed E-state index contributed by atoms with van der Waals surface area (Å²) in [6, 6.07) is 11.0. The Labute approximate surface area is 190 Å². The minimum absolute atomic E-state index is 0.123. The van der Waals surface area contributed by atoms with E-state index in [4.69, 9.17) is 19.6 Å². The molecule has 1 aromatic carbocycles. The summed E-state index contributed by atoms with van der Waals surface area (Å²) in [5, 5.41) is 8.76. The third-order valence-electron chi connectivity index (χ3n) is 5.66. The van der Waals surface area contributed by atoms with Crippen LogP contribution in [-0.4, -0.2) is 39.8 Å². The summed E-state index contributed by atoms with van der Waals surface area (Å²) in [6.07, 6.45) is 3.92. The average molecular weight is 450 g/mol. The van der Waals surface area contributed by atoms with Crippen LogP contribution in [0.1, 0.15) is 36.6 Å². The van der Waals surface area contributed by atoms with E-state index in [0.29, 0.717) is 34.8 Å². The quantitative estimate of drug-likeness (QED) is 0.565. The molecule has 0 fully saturated rings. The molecular weight excluding hydrogens is 426 g/mol. The van der Waals surface area contributed by atoms with Gasteiger partial charge < -0.3 is 14.8 Å². The predicted molar refractivity (Wildman–Crippen MR) is 121 cm³/mol. The van der Waals surface area contributed by atoms with Crippen LogP contribution in [0.3, 0.4) is 0 Å². The minimum Gasteiger partial charge on any atom is -0.497 e. The average Bonchev–Trinajstić information content (AvgIpc) is 3.24. The molecule has 0 saturated heterocycles. The summed E-state index contributed by atoms with van der Waals surface area (Å²) >= 11 is 1.51. The van der Waals surface area contributed by atoms with Crippen molar-refractivity contribution in [1.82, 2.24) is 19.7 Å². The number of carbonyl (C=O) groups excluding carboxylic acids is 1. The van der Waals surface area contributed by atoms with Gasteiger partial charge in [0, 0.05) is 35.2 Å². The molecule has 0 saturated carbocycles. The van der Waals surface area contributed by atoms with Gasteiger partial charge in [0.05, 0.1) is 19.9 Å². The lowest BCUT2D eigenvalue weighted by Crippen LogP contribution is -2.31. The van der Waals surface area contributed by atoms with Crippen molar-refractivity contribution < 1.29 is 14.3 Å². The number of ether oxygens (including phenoxy) is 2. The van der Waals surface area contributed by atoms with E-state index in [9.17, 15) is 4.79 Å². The Morgan fingerprint density at radius 1 is 1.19 bits per heavy atom. The molecule has 8 nitrogen and oxygen atoms in total. The van der Waals surface area contributed by atoms with Crippen LogP contribution < -0.4 is 14.8 Å². The number of allylic oxidation sites excluding steroid dienone is 2. The molecule has 1 N–H and O–H groups in total. The van der Waals surface area contributed by atoms with Crippen LogP contribution in [-0.2, 0) is 10.5 Å². The number of benzene rings is 1. The molecule has 0 bridgehead atoms. The van der Waals surface area contributed by atoms with Crippen LogP contribution in [0.5, 0.6) is 11.5 Å². The van der Waals surface area contributed by atoms with E-state index in [1.54, 1.807) is 25.1 Å². The van der Waals surface area contributed by atoms with Crippen LogP contribution in [0.2, 0.25) is 0 Å². The van der Waals surface area contributed by atoms with E-state index in [-0.39, 0.29) is 5.78 Å². The van der Waals surface area contributed by atoms with Gasteiger partial charge in [0.15, 0.2) is 5.78 Å². The van der Waals surface area contributed by atoms with Crippen molar-refractivity contribution in [1.29, 1.82) is 0 Å². The molecule has 32 heavy (non-hydrogen) atoms. The molecule has 1 aliphatic heterocycles. The highest BCUT2D eigenvalue weighted by molar-refractivity contribution is 7.98. The molecular formula is C23H23N5O3S.